The Morgan fingerprint density at radius 3 is 2.08 bits per heavy atom. The lowest BCUT2D eigenvalue weighted by Gasteiger charge is -2.62. The van der Waals surface area contributed by atoms with Crippen LogP contribution in [0, 0.1) is 41.4 Å². The van der Waals surface area contributed by atoms with E-state index < -0.39 is 47.8 Å². The Kier molecular flexibility index (Phi) is 10.6. The van der Waals surface area contributed by atoms with Crippen LogP contribution < -0.4 is 0 Å². The monoisotopic (exact) mass is 743 g/mol. The van der Waals surface area contributed by atoms with Crippen LogP contribution in [0.1, 0.15) is 99.8 Å². The van der Waals surface area contributed by atoms with Gasteiger partial charge in [0.15, 0.2) is 29.1 Å². The van der Waals surface area contributed by atoms with E-state index in [0.717, 1.165) is 56.9 Å². The fourth-order valence-corrected chi connectivity index (χ4v) is 10.7. The first-order chi connectivity index (χ1) is 24.6. The second kappa shape index (κ2) is 14.4. The van der Waals surface area contributed by atoms with Crippen molar-refractivity contribution in [1.82, 2.24) is 0 Å². The molecule has 0 aromatic carbocycles. The van der Waals surface area contributed by atoms with Crippen molar-refractivity contribution in [1.29, 1.82) is 0 Å². The molecule has 2 aliphatic carbocycles. The molecule has 2 unspecified atom stereocenters. The number of hydrogen-bond acceptors (Lipinski definition) is 11. The zero-order valence-electron chi connectivity index (χ0n) is 31.4. The van der Waals surface area contributed by atoms with E-state index in [2.05, 4.69) is 20.8 Å². The molecular formula is C38H56F3NO10. The molecule has 8 aliphatic heterocycles. The molecule has 0 aromatic rings. The van der Waals surface area contributed by atoms with E-state index in [9.17, 15) is 13.2 Å². The van der Waals surface area contributed by atoms with Crippen LogP contribution in [0.2, 0.25) is 0 Å². The average Bonchev–Trinajstić information content (AvgIpc) is 3.45. The maximum atomic E-state index is 9.67. The smallest absolute Gasteiger partial charge is 0.379 e. The molecule has 11 nitrogen and oxygen atoms in total. The number of alkyl halides is 3. The number of hydrogen-bond donors (Lipinski definition) is 0. The van der Waals surface area contributed by atoms with Crippen molar-refractivity contribution in [3.05, 3.63) is 24.0 Å². The molecule has 14 heteroatoms. The molecule has 2 spiro atoms. The summed E-state index contributed by atoms with van der Waals surface area (Å²) in [6, 6.07) is 0. The zero-order valence-corrected chi connectivity index (χ0v) is 31.4. The van der Waals surface area contributed by atoms with E-state index in [0.29, 0.717) is 49.4 Å². The van der Waals surface area contributed by atoms with Crippen LogP contribution in [0.3, 0.4) is 0 Å². The van der Waals surface area contributed by atoms with Crippen molar-refractivity contribution in [2.45, 2.75) is 148 Å². The number of halogens is 3. The predicted octanol–water partition coefficient (Wildman–Crippen LogP) is 7.90. The SMILES string of the molecule is CC(=N[C@@]1(C)O[C@@H]2O[C@]3(C)CCC4[C@H](C)CC[C@@H]([C@H]1C)[C@]42OO3)OC/C=C/COCC1=CO[C@@H]2O[C@]3(C)CCC4[C@H](C)CC[C@@H]1[C@]42OO3.FC(F)F. The van der Waals surface area contributed by atoms with Crippen molar-refractivity contribution in [3.8, 4) is 0 Å². The van der Waals surface area contributed by atoms with Gasteiger partial charge >= 0.3 is 6.68 Å². The Labute approximate surface area is 304 Å². The van der Waals surface area contributed by atoms with Crippen LogP contribution in [0.5, 0.6) is 0 Å². The largest absolute Gasteiger partial charge is 0.477 e. The van der Waals surface area contributed by atoms with E-state index >= 15 is 0 Å². The number of nitrogens with zero attached hydrogens (tertiary/aromatic N) is 1. The highest BCUT2D eigenvalue weighted by molar-refractivity contribution is 5.73. The van der Waals surface area contributed by atoms with Gasteiger partial charge in [-0.15, -0.1) is 0 Å². The first kappa shape index (κ1) is 38.5. The zero-order chi connectivity index (χ0) is 37.1. The molecule has 0 N–H and O–H groups in total. The molecule has 9 fully saturated rings. The molecule has 7 saturated heterocycles. The molecule has 8 heterocycles. The second-order valence-electron chi connectivity index (χ2n) is 16.7. The quantitative estimate of drug-likeness (QED) is 0.0841. The van der Waals surface area contributed by atoms with Gasteiger partial charge in [0.25, 0.3) is 0 Å². The Morgan fingerprint density at radius 2 is 1.38 bits per heavy atom. The fraction of sp³-hybridized carbons (Fsp3) is 0.868. The second-order valence-corrected chi connectivity index (χ2v) is 16.7. The van der Waals surface area contributed by atoms with Crippen LogP contribution in [0.15, 0.2) is 29.0 Å². The summed E-state index contributed by atoms with van der Waals surface area (Å²) in [6.45, 7) is 12.3. The van der Waals surface area contributed by atoms with Gasteiger partial charge in [-0.25, -0.2) is 24.5 Å². The minimum Gasteiger partial charge on any atom is -0.477 e. The number of ether oxygens (including phenoxy) is 6. The molecule has 10 rings (SSSR count). The molecule has 2 saturated carbocycles. The van der Waals surface area contributed by atoms with E-state index in [4.69, 9.17) is 53.0 Å². The molecule has 52 heavy (non-hydrogen) atoms. The Bertz CT molecular complexity index is 1400. The lowest BCUT2D eigenvalue weighted by molar-refractivity contribution is -0.575. The van der Waals surface area contributed by atoms with Gasteiger partial charge in [0.2, 0.25) is 17.9 Å². The number of aliphatic imine (C=N–C) groups is 1. The summed E-state index contributed by atoms with van der Waals surface area (Å²) in [7, 11) is 0. The van der Waals surface area contributed by atoms with Gasteiger partial charge in [0, 0.05) is 43.4 Å². The topological polar surface area (TPSA) is 105 Å². The van der Waals surface area contributed by atoms with Crippen molar-refractivity contribution in [2.75, 3.05) is 19.8 Å². The third-order valence-corrected chi connectivity index (χ3v) is 13.5. The number of fused-ring (bicyclic) bond motifs is 4. The highest BCUT2D eigenvalue weighted by atomic mass is 19.4. The van der Waals surface area contributed by atoms with Gasteiger partial charge in [0.1, 0.15) is 6.61 Å². The summed E-state index contributed by atoms with van der Waals surface area (Å²) in [4.78, 5) is 29.4. The van der Waals surface area contributed by atoms with Crippen LogP contribution in [0.25, 0.3) is 0 Å². The third kappa shape index (κ3) is 6.64. The van der Waals surface area contributed by atoms with Crippen molar-refractivity contribution in [2.24, 2.45) is 46.4 Å². The van der Waals surface area contributed by atoms with Gasteiger partial charge < -0.3 is 28.4 Å². The lowest BCUT2D eigenvalue weighted by atomic mass is 9.57. The summed E-state index contributed by atoms with van der Waals surface area (Å²) in [5.41, 5.74) is -0.956. The van der Waals surface area contributed by atoms with Crippen molar-refractivity contribution >= 4 is 5.90 Å². The third-order valence-electron chi connectivity index (χ3n) is 13.5. The van der Waals surface area contributed by atoms with Gasteiger partial charge in [0.05, 0.1) is 19.5 Å². The molecule has 0 aromatic heterocycles. The molecule has 14 atom stereocenters. The summed E-state index contributed by atoms with van der Waals surface area (Å²) in [5, 5.41) is 0. The lowest BCUT2D eigenvalue weighted by Crippen LogP contribution is -2.72. The van der Waals surface area contributed by atoms with Crippen molar-refractivity contribution in [3.63, 3.8) is 0 Å². The van der Waals surface area contributed by atoms with E-state index in [1.807, 2.05) is 46.1 Å². The van der Waals surface area contributed by atoms with Crippen LogP contribution >= 0.6 is 0 Å². The fourth-order valence-electron chi connectivity index (χ4n) is 10.7. The summed E-state index contributed by atoms with van der Waals surface area (Å²) in [5.74, 6) is 1.07. The normalized spacial score (nSPS) is 49.2. The molecule has 4 bridgehead atoms. The standard InChI is InChI=1S/C37H55NO10.CHF3/c1-22-10-12-29-24(3)35(7,44-32-36(29)27(22)14-17-34(6,43-32)46-47-36)38-25(4)40-19-9-8-18-39-20-26-21-41-31-37-28(23(2)11-13-30(26)37)15-16-33(5,42-31)45-48-37;2-1(3)4/h8-9,21-24,27-32H,10-20H2,1-7H3;1H/b9-8+,38-25?;/t22-,23-,24-,27?,28?,29+,30+,31-,32+,33+,34+,35+,36-,37-;/m1./s1. The van der Waals surface area contributed by atoms with Crippen LogP contribution in [0.4, 0.5) is 13.2 Å². The highest BCUT2D eigenvalue weighted by Crippen LogP contribution is 2.63. The average molecular weight is 744 g/mol. The molecular weight excluding hydrogens is 687 g/mol. The van der Waals surface area contributed by atoms with Crippen molar-refractivity contribution < 1.29 is 61.1 Å². The van der Waals surface area contributed by atoms with Gasteiger partial charge in [-0.05, 0) is 88.7 Å². The highest BCUT2D eigenvalue weighted by Gasteiger charge is 2.71. The Morgan fingerprint density at radius 1 is 0.788 bits per heavy atom. The Hall–Kier alpha value is -1.78. The van der Waals surface area contributed by atoms with Crippen LogP contribution in [-0.4, -0.2) is 73.5 Å². The van der Waals surface area contributed by atoms with Gasteiger partial charge in [-0.1, -0.05) is 26.8 Å². The van der Waals surface area contributed by atoms with E-state index in [1.54, 1.807) is 0 Å². The predicted molar refractivity (Wildman–Crippen MR) is 180 cm³/mol. The van der Waals surface area contributed by atoms with E-state index in [1.165, 1.54) is 0 Å². The number of rotatable bonds is 7. The molecule has 10 aliphatic rings. The minimum absolute atomic E-state index is 0.0797. The maximum Gasteiger partial charge on any atom is 0.379 e. The first-order valence-corrected chi connectivity index (χ1v) is 19.1. The molecule has 0 radical (unpaired) electrons. The molecule has 0 amide bonds. The summed E-state index contributed by atoms with van der Waals surface area (Å²) >= 11 is 0. The van der Waals surface area contributed by atoms with Gasteiger partial charge in [-0.2, -0.15) is 13.2 Å². The summed E-state index contributed by atoms with van der Waals surface area (Å²) < 4.78 is 66.9. The summed E-state index contributed by atoms with van der Waals surface area (Å²) in [6.07, 6.45) is 12.7. The maximum absolute atomic E-state index is 9.67. The van der Waals surface area contributed by atoms with Crippen LogP contribution in [-0.2, 0) is 48.0 Å². The Balaban J connectivity index is 0.00000100. The molecule has 294 valence electrons. The first-order valence-electron chi connectivity index (χ1n) is 19.1. The van der Waals surface area contributed by atoms with Gasteiger partial charge in [-0.3, -0.25) is 0 Å². The van der Waals surface area contributed by atoms with E-state index in [-0.39, 0.29) is 17.8 Å². The minimum atomic E-state index is -3.67.